The third-order valence-electron chi connectivity index (χ3n) is 1.34. The van der Waals surface area contributed by atoms with Crippen molar-refractivity contribution in [1.82, 2.24) is 10.5 Å². The van der Waals surface area contributed by atoms with Crippen LogP contribution in [0.3, 0.4) is 0 Å². The summed E-state index contributed by atoms with van der Waals surface area (Å²) in [5.74, 6) is -0.225. The Morgan fingerprint density at radius 2 is 2.58 bits per heavy atom. The van der Waals surface area contributed by atoms with Crippen LogP contribution < -0.4 is 11.1 Å². The summed E-state index contributed by atoms with van der Waals surface area (Å²) in [6.07, 6.45) is 2.13. The zero-order valence-electron chi connectivity index (χ0n) is 6.62. The average molecular weight is 169 g/mol. The molecule has 3 N–H and O–H groups in total. The fourth-order valence-electron chi connectivity index (χ4n) is 0.724. The molecule has 0 saturated carbocycles. The van der Waals surface area contributed by atoms with Crippen LogP contribution in [0.4, 0.5) is 0 Å². The predicted octanol–water partition coefficient (Wildman–Crippen LogP) is -0.247. The van der Waals surface area contributed by atoms with E-state index in [0.717, 1.165) is 6.42 Å². The summed E-state index contributed by atoms with van der Waals surface area (Å²) in [6, 6.07) is 1.51. The van der Waals surface area contributed by atoms with Gasteiger partial charge in [-0.15, -0.1) is 0 Å². The van der Waals surface area contributed by atoms with Gasteiger partial charge in [-0.2, -0.15) is 0 Å². The highest BCUT2D eigenvalue weighted by molar-refractivity contribution is 5.91. The van der Waals surface area contributed by atoms with Crippen molar-refractivity contribution in [2.45, 2.75) is 6.42 Å². The highest BCUT2D eigenvalue weighted by Gasteiger charge is 2.06. The molecule has 1 rings (SSSR count). The van der Waals surface area contributed by atoms with E-state index >= 15 is 0 Å². The van der Waals surface area contributed by atoms with Crippen molar-refractivity contribution in [3.63, 3.8) is 0 Å². The van der Waals surface area contributed by atoms with Crippen LogP contribution in [-0.2, 0) is 0 Å². The van der Waals surface area contributed by atoms with Gasteiger partial charge in [0, 0.05) is 12.6 Å². The second-order valence-corrected chi connectivity index (χ2v) is 2.28. The zero-order chi connectivity index (χ0) is 8.81. The van der Waals surface area contributed by atoms with Crippen molar-refractivity contribution in [2.75, 3.05) is 13.1 Å². The molecule has 0 bridgehead atoms. The van der Waals surface area contributed by atoms with Gasteiger partial charge in [-0.3, -0.25) is 4.79 Å². The highest BCUT2D eigenvalue weighted by Crippen LogP contribution is 1.92. The topological polar surface area (TPSA) is 81.1 Å². The van der Waals surface area contributed by atoms with Crippen LogP contribution in [0.1, 0.15) is 16.9 Å². The number of carbonyl (C=O) groups excluding carboxylic acids is 1. The van der Waals surface area contributed by atoms with Crippen LogP contribution in [0, 0.1) is 0 Å². The van der Waals surface area contributed by atoms with Crippen LogP contribution in [0.2, 0.25) is 0 Å². The fourth-order valence-corrected chi connectivity index (χ4v) is 0.724. The molecule has 0 saturated heterocycles. The lowest BCUT2D eigenvalue weighted by atomic mass is 10.4. The number of nitrogens with two attached hydrogens (primary N) is 1. The molecule has 1 aromatic rings. The molecule has 0 aromatic carbocycles. The molecule has 66 valence electrons. The minimum atomic E-state index is -0.225. The monoisotopic (exact) mass is 169 g/mol. The van der Waals surface area contributed by atoms with E-state index in [0.29, 0.717) is 18.8 Å². The normalized spacial score (nSPS) is 9.75. The number of hydrogen-bond acceptors (Lipinski definition) is 4. The molecule has 1 heterocycles. The lowest BCUT2D eigenvalue weighted by molar-refractivity contribution is 0.0944. The maximum atomic E-state index is 11.1. The second-order valence-electron chi connectivity index (χ2n) is 2.28. The van der Waals surface area contributed by atoms with Crippen molar-refractivity contribution < 1.29 is 9.32 Å². The number of carbonyl (C=O) groups is 1. The molecule has 0 aliphatic rings. The molecule has 0 unspecified atom stereocenters. The van der Waals surface area contributed by atoms with Gasteiger partial charge in [0.1, 0.15) is 6.26 Å². The van der Waals surface area contributed by atoms with Crippen molar-refractivity contribution in [1.29, 1.82) is 0 Å². The molecule has 0 atom stereocenters. The first-order chi connectivity index (χ1) is 5.84. The summed E-state index contributed by atoms with van der Waals surface area (Å²) in [5.41, 5.74) is 5.55. The Hall–Kier alpha value is -1.36. The minimum Gasteiger partial charge on any atom is -0.364 e. The number of nitrogens with zero attached hydrogens (tertiary/aromatic N) is 1. The Bertz CT molecular complexity index is 233. The first-order valence-corrected chi connectivity index (χ1v) is 3.73. The lowest BCUT2D eigenvalue weighted by Crippen LogP contribution is -2.26. The van der Waals surface area contributed by atoms with Gasteiger partial charge in [-0.05, 0) is 13.0 Å². The van der Waals surface area contributed by atoms with Gasteiger partial charge in [0.25, 0.3) is 5.91 Å². The van der Waals surface area contributed by atoms with E-state index in [1.54, 1.807) is 0 Å². The second kappa shape index (κ2) is 4.50. The van der Waals surface area contributed by atoms with Gasteiger partial charge in [0.15, 0.2) is 5.69 Å². The van der Waals surface area contributed by atoms with Crippen LogP contribution in [0.15, 0.2) is 16.9 Å². The van der Waals surface area contributed by atoms with E-state index in [9.17, 15) is 4.79 Å². The van der Waals surface area contributed by atoms with Gasteiger partial charge < -0.3 is 15.6 Å². The quantitative estimate of drug-likeness (QED) is 0.609. The van der Waals surface area contributed by atoms with Crippen LogP contribution >= 0.6 is 0 Å². The summed E-state index contributed by atoms with van der Waals surface area (Å²) in [4.78, 5) is 11.1. The molecule has 0 spiro atoms. The number of amides is 1. The first kappa shape index (κ1) is 8.73. The van der Waals surface area contributed by atoms with Gasteiger partial charge >= 0.3 is 0 Å². The molecule has 1 amide bonds. The van der Waals surface area contributed by atoms with E-state index < -0.39 is 0 Å². The largest absolute Gasteiger partial charge is 0.364 e. The summed E-state index contributed by atoms with van der Waals surface area (Å²) < 4.78 is 4.51. The molecule has 1 aromatic heterocycles. The average Bonchev–Trinajstić information content (AvgIpc) is 2.56. The van der Waals surface area contributed by atoms with Gasteiger partial charge in [-0.1, -0.05) is 5.16 Å². The minimum absolute atomic E-state index is 0.225. The highest BCUT2D eigenvalue weighted by atomic mass is 16.5. The van der Waals surface area contributed by atoms with Crippen molar-refractivity contribution >= 4 is 5.91 Å². The van der Waals surface area contributed by atoms with Crippen LogP contribution in [-0.4, -0.2) is 24.2 Å². The smallest absolute Gasteiger partial charge is 0.273 e. The van der Waals surface area contributed by atoms with Crippen molar-refractivity contribution in [2.24, 2.45) is 5.73 Å². The molecule has 0 fully saturated rings. The van der Waals surface area contributed by atoms with Crippen LogP contribution in [0.25, 0.3) is 0 Å². The molecular weight excluding hydrogens is 158 g/mol. The SMILES string of the molecule is NCCCNC(=O)c1ccon1. The van der Waals surface area contributed by atoms with E-state index in [4.69, 9.17) is 5.73 Å². The van der Waals surface area contributed by atoms with Gasteiger partial charge in [-0.25, -0.2) is 0 Å². The zero-order valence-corrected chi connectivity index (χ0v) is 6.62. The number of aromatic nitrogens is 1. The van der Waals surface area contributed by atoms with E-state index in [2.05, 4.69) is 15.0 Å². The first-order valence-electron chi connectivity index (χ1n) is 3.73. The Balaban J connectivity index is 2.30. The predicted molar refractivity (Wildman–Crippen MR) is 42.5 cm³/mol. The van der Waals surface area contributed by atoms with E-state index in [-0.39, 0.29) is 5.91 Å². The summed E-state index contributed by atoms with van der Waals surface area (Å²) in [6.45, 7) is 1.14. The van der Waals surface area contributed by atoms with E-state index in [1.807, 2.05) is 0 Å². The summed E-state index contributed by atoms with van der Waals surface area (Å²) >= 11 is 0. The summed E-state index contributed by atoms with van der Waals surface area (Å²) in [5, 5.41) is 6.12. The lowest BCUT2D eigenvalue weighted by Gasteiger charge is -1.99. The maximum absolute atomic E-state index is 11.1. The number of nitrogens with one attached hydrogen (secondary N) is 1. The molecule has 12 heavy (non-hydrogen) atoms. The van der Waals surface area contributed by atoms with Crippen molar-refractivity contribution in [3.05, 3.63) is 18.0 Å². The molecular formula is C7H11N3O2. The standard InChI is InChI=1S/C7H11N3O2/c8-3-1-4-9-7(11)6-2-5-12-10-6/h2,5H,1,3-4,8H2,(H,9,11). The Morgan fingerprint density at radius 3 is 3.17 bits per heavy atom. The summed E-state index contributed by atoms with van der Waals surface area (Å²) in [7, 11) is 0. The Morgan fingerprint density at radius 1 is 1.75 bits per heavy atom. The molecule has 5 nitrogen and oxygen atoms in total. The van der Waals surface area contributed by atoms with E-state index in [1.165, 1.54) is 12.3 Å². The van der Waals surface area contributed by atoms with Gasteiger partial charge in [0.05, 0.1) is 0 Å². The number of rotatable bonds is 4. The van der Waals surface area contributed by atoms with Crippen molar-refractivity contribution in [3.8, 4) is 0 Å². The third kappa shape index (κ3) is 2.35. The molecule has 5 heteroatoms. The number of hydrogen-bond donors (Lipinski definition) is 2. The Kier molecular flexibility index (Phi) is 3.28. The molecule has 0 aliphatic carbocycles. The van der Waals surface area contributed by atoms with Crippen LogP contribution in [0.5, 0.6) is 0 Å². The maximum Gasteiger partial charge on any atom is 0.273 e. The molecule has 0 radical (unpaired) electrons. The van der Waals surface area contributed by atoms with Gasteiger partial charge in [0.2, 0.25) is 0 Å². The fraction of sp³-hybridized carbons (Fsp3) is 0.429. The molecule has 0 aliphatic heterocycles. The Labute approximate surface area is 69.9 Å². The third-order valence-corrected chi connectivity index (χ3v) is 1.34.